The van der Waals surface area contributed by atoms with Gasteiger partial charge in [0.05, 0.1) is 57.9 Å². The van der Waals surface area contributed by atoms with E-state index in [2.05, 4.69) is 20.6 Å². The molecule has 0 bridgehead atoms. The van der Waals surface area contributed by atoms with Crippen molar-refractivity contribution in [3.8, 4) is 23.0 Å². The Morgan fingerprint density at radius 3 is 2.47 bits per heavy atom. The summed E-state index contributed by atoms with van der Waals surface area (Å²) in [7, 11) is 6.33. The smallest absolute Gasteiger partial charge is 0.271 e. The minimum atomic E-state index is -0.285. The number of nitrogens with one attached hydrogen (secondary N) is 1. The third-order valence-electron chi connectivity index (χ3n) is 5.62. The largest absolute Gasteiger partial charge is 0.497 e. The molecule has 11 nitrogen and oxygen atoms in total. The van der Waals surface area contributed by atoms with Crippen LogP contribution in [0.25, 0.3) is 15.2 Å². The van der Waals surface area contributed by atoms with E-state index >= 15 is 0 Å². The number of carbonyl (C=O) groups is 1. The number of nitrogens with zero attached hydrogens (tertiary/aromatic N) is 5. The maximum Gasteiger partial charge on any atom is 0.271 e. The second-order valence-electron chi connectivity index (χ2n) is 7.84. The third kappa shape index (κ3) is 4.38. The van der Waals surface area contributed by atoms with Gasteiger partial charge >= 0.3 is 0 Å². The number of thiazole rings is 1. The van der Waals surface area contributed by atoms with Gasteiger partial charge in [-0.25, -0.2) is 9.67 Å². The third-order valence-corrected chi connectivity index (χ3v) is 6.64. The van der Waals surface area contributed by atoms with Crippen molar-refractivity contribution in [1.29, 1.82) is 0 Å². The molecule has 0 aliphatic heterocycles. The molecule has 0 saturated heterocycles. The van der Waals surface area contributed by atoms with E-state index in [1.807, 2.05) is 34.7 Å². The van der Waals surface area contributed by atoms with Gasteiger partial charge < -0.3 is 24.3 Å². The van der Waals surface area contributed by atoms with Gasteiger partial charge in [0, 0.05) is 6.20 Å². The van der Waals surface area contributed by atoms with Crippen LogP contribution in [0.5, 0.6) is 23.0 Å². The van der Waals surface area contributed by atoms with Gasteiger partial charge in [-0.2, -0.15) is 0 Å². The lowest BCUT2D eigenvalue weighted by atomic mass is 10.2. The van der Waals surface area contributed by atoms with Crippen LogP contribution in [0.2, 0.25) is 0 Å². The zero-order valence-corrected chi connectivity index (χ0v) is 21.0. The number of hydrogen-bond donors (Lipinski definition) is 1. The minimum Gasteiger partial charge on any atom is -0.497 e. The van der Waals surface area contributed by atoms with E-state index in [0.717, 1.165) is 26.5 Å². The summed E-state index contributed by atoms with van der Waals surface area (Å²) in [5, 5.41) is 11.2. The van der Waals surface area contributed by atoms with E-state index in [4.69, 9.17) is 18.9 Å². The molecule has 0 atom stereocenters. The summed E-state index contributed by atoms with van der Waals surface area (Å²) in [6.45, 7) is 0.657. The van der Waals surface area contributed by atoms with E-state index in [-0.39, 0.29) is 12.5 Å². The van der Waals surface area contributed by atoms with E-state index < -0.39 is 0 Å². The number of fused-ring (bicyclic) bond motifs is 3. The predicted octanol–water partition coefficient (Wildman–Crippen LogP) is 3.15. The first-order valence-corrected chi connectivity index (χ1v) is 11.8. The van der Waals surface area contributed by atoms with Crippen LogP contribution in [-0.4, -0.2) is 58.7 Å². The number of imidazole rings is 1. The molecule has 2 aromatic carbocycles. The van der Waals surface area contributed by atoms with Crippen molar-refractivity contribution in [2.75, 3.05) is 28.4 Å². The molecule has 1 amide bonds. The fraction of sp³-hybridized carbons (Fsp3) is 0.250. The zero-order valence-electron chi connectivity index (χ0n) is 20.1. The Kier molecular flexibility index (Phi) is 6.34. The Balaban J connectivity index is 1.26. The van der Waals surface area contributed by atoms with Gasteiger partial charge in [0.2, 0.25) is 5.75 Å². The molecule has 5 rings (SSSR count). The Labute approximate surface area is 210 Å². The average Bonchev–Trinajstić information content (AvgIpc) is 3.60. The number of carbonyl (C=O) groups excluding carboxylic acids is 1. The van der Waals surface area contributed by atoms with Crippen molar-refractivity contribution in [3.63, 3.8) is 0 Å². The summed E-state index contributed by atoms with van der Waals surface area (Å²) in [6, 6.07) is 9.50. The second kappa shape index (κ2) is 9.74. The van der Waals surface area contributed by atoms with E-state index in [1.165, 1.54) is 11.3 Å². The van der Waals surface area contributed by atoms with Crippen molar-refractivity contribution >= 4 is 32.4 Å². The van der Waals surface area contributed by atoms with Crippen molar-refractivity contribution in [2.45, 2.75) is 13.1 Å². The molecule has 36 heavy (non-hydrogen) atoms. The van der Waals surface area contributed by atoms with Gasteiger partial charge in [-0.1, -0.05) is 16.6 Å². The number of rotatable bonds is 9. The summed E-state index contributed by atoms with van der Waals surface area (Å²) in [4.78, 5) is 17.9. The van der Waals surface area contributed by atoms with Crippen molar-refractivity contribution in [2.24, 2.45) is 0 Å². The number of aromatic nitrogens is 5. The van der Waals surface area contributed by atoms with E-state index in [0.29, 0.717) is 35.2 Å². The van der Waals surface area contributed by atoms with Gasteiger partial charge in [0.25, 0.3) is 5.91 Å². The number of amides is 1. The van der Waals surface area contributed by atoms with Crippen molar-refractivity contribution in [1.82, 2.24) is 29.7 Å². The Hall–Kier alpha value is -4.32. The number of methoxy groups -OCH3 is 4. The highest BCUT2D eigenvalue weighted by atomic mass is 32.1. The van der Waals surface area contributed by atoms with E-state index in [1.54, 1.807) is 45.5 Å². The van der Waals surface area contributed by atoms with Crippen LogP contribution < -0.4 is 24.3 Å². The SMILES string of the molecule is COc1ccc2c(c1)sc1nc(C(=O)NCc3cn(Cc4cc(OC)c(OC)c(OC)c4)nn3)cn12. The molecule has 0 spiro atoms. The van der Waals surface area contributed by atoms with Crippen molar-refractivity contribution in [3.05, 3.63) is 59.7 Å². The minimum absolute atomic E-state index is 0.219. The topological polar surface area (TPSA) is 114 Å². The second-order valence-corrected chi connectivity index (χ2v) is 8.85. The molecule has 0 radical (unpaired) electrons. The average molecular weight is 509 g/mol. The van der Waals surface area contributed by atoms with Gasteiger partial charge in [-0.3, -0.25) is 9.20 Å². The molecule has 3 heterocycles. The van der Waals surface area contributed by atoms with Gasteiger partial charge in [0.1, 0.15) is 17.1 Å². The Morgan fingerprint density at radius 1 is 1.00 bits per heavy atom. The quantitative estimate of drug-likeness (QED) is 0.323. The first kappa shape index (κ1) is 23.4. The van der Waals surface area contributed by atoms with Crippen LogP contribution in [-0.2, 0) is 13.1 Å². The molecular formula is C24H24N6O5S. The van der Waals surface area contributed by atoms with Crippen LogP contribution in [0.1, 0.15) is 21.7 Å². The van der Waals surface area contributed by atoms with Crippen LogP contribution in [0.15, 0.2) is 42.7 Å². The monoisotopic (exact) mass is 508 g/mol. The van der Waals surface area contributed by atoms with Crippen molar-refractivity contribution < 1.29 is 23.7 Å². The number of hydrogen-bond acceptors (Lipinski definition) is 9. The molecule has 5 aromatic rings. The van der Waals surface area contributed by atoms with Crippen LogP contribution in [0, 0.1) is 0 Å². The zero-order chi connectivity index (χ0) is 25.2. The molecule has 0 fully saturated rings. The summed E-state index contributed by atoms with van der Waals surface area (Å²) in [5.74, 6) is 2.14. The van der Waals surface area contributed by atoms with Crippen LogP contribution in [0.3, 0.4) is 0 Å². The van der Waals surface area contributed by atoms with Crippen LogP contribution in [0.4, 0.5) is 0 Å². The molecular weight excluding hydrogens is 484 g/mol. The molecule has 186 valence electrons. The summed E-state index contributed by atoms with van der Waals surface area (Å²) < 4.78 is 26.1. The molecule has 0 unspecified atom stereocenters. The lowest BCUT2D eigenvalue weighted by Crippen LogP contribution is -2.23. The van der Waals surface area contributed by atoms with Gasteiger partial charge in [-0.05, 0) is 35.9 Å². The standard InChI is InChI=1S/C24H24N6O5S/c1-32-16-5-6-18-21(9-16)36-24-26-17(13-30(18)24)23(31)25-10-15-12-29(28-27-15)11-14-7-19(33-2)22(35-4)20(8-14)34-3/h5-9,12-13H,10-11H2,1-4H3,(H,25,31). The highest BCUT2D eigenvalue weighted by molar-refractivity contribution is 7.23. The lowest BCUT2D eigenvalue weighted by molar-refractivity contribution is 0.0946. The maximum absolute atomic E-state index is 12.7. The highest BCUT2D eigenvalue weighted by Crippen LogP contribution is 2.38. The molecule has 0 saturated carbocycles. The summed E-state index contributed by atoms with van der Waals surface area (Å²) >= 11 is 1.50. The first-order chi connectivity index (χ1) is 17.5. The number of benzene rings is 2. The van der Waals surface area contributed by atoms with Gasteiger partial charge in [-0.15, -0.1) is 5.10 Å². The molecule has 1 N–H and O–H groups in total. The Morgan fingerprint density at radius 2 is 1.78 bits per heavy atom. The van der Waals surface area contributed by atoms with Gasteiger partial charge in [0.15, 0.2) is 16.5 Å². The number of ether oxygens (including phenoxy) is 4. The normalized spacial score (nSPS) is 11.1. The fourth-order valence-electron chi connectivity index (χ4n) is 3.89. The lowest BCUT2D eigenvalue weighted by Gasteiger charge is -2.14. The molecule has 12 heteroatoms. The fourth-order valence-corrected chi connectivity index (χ4v) is 4.93. The predicted molar refractivity (Wildman–Crippen MR) is 134 cm³/mol. The summed E-state index contributed by atoms with van der Waals surface area (Å²) in [6.07, 6.45) is 3.51. The Bertz CT molecular complexity index is 1530. The molecule has 3 aromatic heterocycles. The molecule has 0 aliphatic rings. The molecule has 0 aliphatic carbocycles. The first-order valence-electron chi connectivity index (χ1n) is 10.9. The van der Waals surface area contributed by atoms with Crippen LogP contribution >= 0.6 is 11.3 Å². The maximum atomic E-state index is 12.7. The highest BCUT2D eigenvalue weighted by Gasteiger charge is 2.16. The van der Waals surface area contributed by atoms with E-state index in [9.17, 15) is 4.79 Å². The summed E-state index contributed by atoms with van der Waals surface area (Å²) in [5.41, 5.74) is 2.82.